The van der Waals surface area contributed by atoms with Crippen LogP contribution in [0.25, 0.3) is 0 Å². The van der Waals surface area contributed by atoms with Crippen molar-refractivity contribution < 1.29 is 19.7 Å². The van der Waals surface area contributed by atoms with Crippen LogP contribution < -0.4 is 0 Å². The molecule has 1 N–H and O–H groups in total. The maximum atomic E-state index is 9.77. The Kier molecular flexibility index (Phi) is 2.32. The van der Waals surface area contributed by atoms with Crippen molar-refractivity contribution in [2.45, 2.75) is 6.29 Å². The highest BCUT2D eigenvalue weighted by atomic mass is 16.6. The summed E-state index contributed by atoms with van der Waals surface area (Å²) < 4.78 is 3.86. The van der Waals surface area contributed by atoms with Crippen LogP contribution >= 0.6 is 0 Å². The first-order valence-corrected chi connectivity index (χ1v) is 1.60. The van der Waals surface area contributed by atoms with Gasteiger partial charge in [-0.3, -0.25) is 0 Å². The lowest BCUT2D eigenvalue weighted by molar-refractivity contribution is -0.183. The Hall–Kier alpha value is -0.610. The molecule has 0 spiro atoms. The molecule has 4 heteroatoms. The molecule has 0 saturated carbocycles. The van der Waals surface area contributed by atoms with Crippen molar-refractivity contribution in [2.75, 3.05) is 7.11 Å². The van der Waals surface area contributed by atoms with Gasteiger partial charge < -0.3 is 9.84 Å². The van der Waals surface area contributed by atoms with Gasteiger partial charge in [-0.05, 0) is 0 Å². The number of aliphatic carboxylic acids is 1. The van der Waals surface area contributed by atoms with Crippen molar-refractivity contribution in [3.05, 3.63) is 0 Å². The fourth-order valence-corrected chi connectivity index (χ4v) is 0.101. The van der Waals surface area contributed by atoms with Gasteiger partial charge in [0.05, 0.1) is 0 Å². The van der Waals surface area contributed by atoms with Crippen LogP contribution in [-0.4, -0.2) is 24.5 Å². The molecule has 1 unspecified atom stereocenters. The van der Waals surface area contributed by atoms with Crippen LogP contribution in [0.2, 0.25) is 0 Å². The fraction of sp³-hybridized carbons (Fsp3) is 0.667. The fourth-order valence-electron chi connectivity index (χ4n) is 0.101. The molecule has 0 aromatic rings. The maximum Gasteiger partial charge on any atom is 0.364 e. The highest BCUT2D eigenvalue weighted by Crippen LogP contribution is 1.80. The van der Waals surface area contributed by atoms with Gasteiger partial charge in [0.25, 0.3) is 6.29 Å². The Labute approximate surface area is 40.3 Å². The average molecular weight is 105 g/mol. The molecule has 0 bridgehead atoms. The molecule has 0 aliphatic carbocycles. The van der Waals surface area contributed by atoms with Crippen molar-refractivity contribution >= 4 is 5.97 Å². The van der Waals surface area contributed by atoms with E-state index < -0.39 is 12.3 Å². The van der Waals surface area contributed by atoms with Crippen LogP contribution in [0.15, 0.2) is 0 Å². The quantitative estimate of drug-likeness (QED) is 0.480. The zero-order chi connectivity index (χ0) is 5.86. The van der Waals surface area contributed by atoms with Crippen LogP contribution in [0.3, 0.4) is 0 Å². The number of hydrogen-bond donors (Lipinski definition) is 1. The summed E-state index contributed by atoms with van der Waals surface area (Å²) in [5.41, 5.74) is 0. The predicted molar refractivity (Wildman–Crippen MR) is 19.1 cm³/mol. The lowest BCUT2D eigenvalue weighted by Gasteiger charge is -1.94. The number of rotatable bonds is 2. The lowest BCUT2D eigenvalue weighted by atomic mass is 10.7. The summed E-state index contributed by atoms with van der Waals surface area (Å²) in [5, 5.41) is 17.5. The summed E-state index contributed by atoms with van der Waals surface area (Å²) in [6.07, 6.45) is -1.93. The molecule has 0 heterocycles. The van der Waals surface area contributed by atoms with E-state index in [1.165, 1.54) is 0 Å². The Bertz CT molecular complexity index is 69.3. The van der Waals surface area contributed by atoms with Crippen molar-refractivity contribution in [3.63, 3.8) is 0 Å². The molecular formula is C3H5O4. The molecule has 0 fully saturated rings. The predicted octanol–water partition coefficient (Wildman–Crippen LogP) is -0.526. The summed E-state index contributed by atoms with van der Waals surface area (Å²) in [7, 11) is 1.05. The molecule has 0 aromatic carbocycles. The van der Waals surface area contributed by atoms with Gasteiger partial charge in [-0.15, -0.1) is 0 Å². The number of methoxy groups -OCH3 is 1. The third kappa shape index (κ3) is 2.13. The van der Waals surface area contributed by atoms with Gasteiger partial charge in [-0.1, -0.05) is 0 Å². The molecule has 0 rings (SSSR count). The molecule has 4 nitrogen and oxygen atoms in total. The van der Waals surface area contributed by atoms with E-state index in [4.69, 9.17) is 5.11 Å². The van der Waals surface area contributed by atoms with Crippen molar-refractivity contribution in [1.82, 2.24) is 0 Å². The highest BCUT2D eigenvalue weighted by Gasteiger charge is 2.11. The van der Waals surface area contributed by atoms with E-state index in [2.05, 4.69) is 4.74 Å². The number of carboxylic acids is 1. The summed E-state index contributed by atoms with van der Waals surface area (Å²) in [6.45, 7) is 0. The van der Waals surface area contributed by atoms with Gasteiger partial charge >= 0.3 is 5.97 Å². The Morgan fingerprint density at radius 2 is 2.29 bits per heavy atom. The second-order valence-electron chi connectivity index (χ2n) is 0.906. The van der Waals surface area contributed by atoms with Gasteiger partial charge in [0, 0.05) is 7.11 Å². The average Bonchev–Trinajstić information content (AvgIpc) is 1.65. The Balaban J connectivity index is 3.34. The van der Waals surface area contributed by atoms with Crippen molar-refractivity contribution in [2.24, 2.45) is 0 Å². The molecular weight excluding hydrogens is 100 g/mol. The van der Waals surface area contributed by atoms with Crippen molar-refractivity contribution in [1.29, 1.82) is 0 Å². The number of carboxylic acid groups (broad SMARTS) is 1. The van der Waals surface area contributed by atoms with E-state index in [0.29, 0.717) is 0 Å². The Morgan fingerprint density at radius 3 is 2.29 bits per heavy atom. The summed E-state index contributed by atoms with van der Waals surface area (Å²) in [6, 6.07) is 0. The maximum absolute atomic E-state index is 9.77. The van der Waals surface area contributed by atoms with Gasteiger partial charge in [-0.25, -0.2) is 4.79 Å². The van der Waals surface area contributed by atoms with Crippen molar-refractivity contribution in [3.8, 4) is 0 Å². The van der Waals surface area contributed by atoms with E-state index in [0.717, 1.165) is 7.11 Å². The summed E-state index contributed by atoms with van der Waals surface area (Å²) >= 11 is 0. The van der Waals surface area contributed by atoms with Crippen LogP contribution in [0, 0.1) is 0 Å². The molecule has 41 valence electrons. The SMILES string of the molecule is COC([O])C(=O)O. The normalized spacial score (nSPS) is 13.4. The van der Waals surface area contributed by atoms with E-state index in [-0.39, 0.29) is 0 Å². The third-order valence-corrected chi connectivity index (χ3v) is 0.416. The van der Waals surface area contributed by atoms with Gasteiger partial charge in [-0.2, -0.15) is 5.11 Å². The number of ether oxygens (including phenoxy) is 1. The second kappa shape index (κ2) is 2.54. The molecule has 1 radical (unpaired) electrons. The zero-order valence-electron chi connectivity index (χ0n) is 3.75. The first kappa shape index (κ1) is 6.39. The Morgan fingerprint density at radius 1 is 1.86 bits per heavy atom. The number of carbonyl (C=O) groups is 1. The molecule has 0 aliphatic rings. The zero-order valence-corrected chi connectivity index (χ0v) is 3.75. The first-order valence-electron chi connectivity index (χ1n) is 1.60. The van der Waals surface area contributed by atoms with E-state index in [9.17, 15) is 9.90 Å². The number of hydrogen-bond acceptors (Lipinski definition) is 2. The molecule has 1 atom stereocenters. The van der Waals surface area contributed by atoms with Gasteiger partial charge in [0.15, 0.2) is 0 Å². The minimum Gasteiger partial charge on any atom is -0.477 e. The molecule has 0 amide bonds. The van der Waals surface area contributed by atoms with E-state index in [1.54, 1.807) is 0 Å². The van der Waals surface area contributed by atoms with E-state index in [1.807, 2.05) is 0 Å². The van der Waals surface area contributed by atoms with Crippen LogP contribution in [0.5, 0.6) is 0 Å². The standard InChI is InChI=1S/C3H5O4/c1-7-3(6)2(4)5/h3H,1H3,(H,4,5). The highest BCUT2D eigenvalue weighted by molar-refractivity contribution is 5.70. The third-order valence-electron chi connectivity index (χ3n) is 0.416. The second-order valence-corrected chi connectivity index (χ2v) is 0.906. The molecule has 0 saturated heterocycles. The van der Waals surface area contributed by atoms with Crippen LogP contribution in [-0.2, 0) is 14.6 Å². The molecule has 7 heavy (non-hydrogen) atoms. The molecule has 0 aromatic heterocycles. The lowest BCUT2D eigenvalue weighted by Crippen LogP contribution is -2.19. The smallest absolute Gasteiger partial charge is 0.364 e. The minimum atomic E-state index is -1.93. The molecule has 0 aliphatic heterocycles. The van der Waals surface area contributed by atoms with Crippen LogP contribution in [0.4, 0.5) is 0 Å². The topological polar surface area (TPSA) is 66.4 Å². The van der Waals surface area contributed by atoms with E-state index >= 15 is 0 Å². The minimum absolute atomic E-state index is 1.05. The van der Waals surface area contributed by atoms with Gasteiger partial charge in [0.1, 0.15) is 0 Å². The summed E-state index contributed by atoms with van der Waals surface area (Å²) in [5.74, 6) is -1.48. The summed E-state index contributed by atoms with van der Waals surface area (Å²) in [4.78, 5) is 9.49. The van der Waals surface area contributed by atoms with Crippen LogP contribution in [0.1, 0.15) is 0 Å². The monoisotopic (exact) mass is 105 g/mol. The largest absolute Gasteiger partial charge is 0.477 e. The van der Waals surface area contributed by atoms with Gasteiger partial charge in [0.2, 0.25) is 0 Å². The first-order chi connectivity index (χ1) is 3.18.